The normalized spacial score (nSPS) is 14.7. The molecule has 168 valence electrons. The predicted molar refractivity (Wildman–Crippen MR) is 114 cm³/mol. The Labute approximate surface area is 182 Å². The molecule has 31 heavy (non-hydrogen) atoms. The first kappa shape index (κ1) is 23.1. The van der Waals surface area contributed by atoms with Gasteiger partial charge in [0.1, 0.15) is 24.7 Å². The lowest BCUT2D eigenvalue weighted by Crippen LogP contribution is -2.40. The zero-order chi connectivity index (χ0) is 22.1. The third-order valence-electron chi connectivity index (χ3n) is 4.58. The van der Waals surface area contributed by atoms with Crippen LogP contribution < -0.4 is 9.47 Å². The van der Waals surface area contributed by atoms with E-state index in [2.05, 4.69) is 0 Å². The first-order valence-electron chi connectivity index (χ1n) is 10.2. The SMILES string of the molecule is CCCOc1ccc(OCCOC(=O)c2ccc(S(=O)(=O)N3CCOCC3)cc2)cc1. The number of benzene rings is 2. The van der Waals surface area contributed by atoms with Crippen LogP contribution in [0.1, 0.15) is 23.7 Å². The van der Waals surface area contributed by atoms with Crippen molar-refractivity contribution in [3.05, 3.63) is 54.1 Å². The number of nitrogens with zero attached hydrogens (tertiary/aromatic N) is 1. The van der Waals surface area contributed by atoms with E-state index in [0.29, 0.717) is 38.7 Å². The van der Waals surface area contributed by atoms with Crippen molar-refractivity contribution in [2.45, 2.75) is 18.2 Å². The smallest absolute Gasteiger partial charge is 0.338 e. The minimum atomic E-state index is -3.59. The summed E-state index contributed by atoms with van der Waals surface area (Å²) in [6, 6.07) is 13.0. The number of hydrogen-bond acceptors (Lipinski definition) is 7. The highest BCUT2D eigenvalue weighted by Crippen LogP contribution is 2.19. The molecule has 0 amide bonds. The average Bonchev–Trinajstić information content (AvgIpc) is 2.81. The van der Waals surface area contributed by atoms with Crippen molar-refractivity contribution in [3.63, 3.8) is 0 Å². The van der Waals surface area contributed by atoms with Crippen LogP contribution in [-0.4, -0.2) is 64.8 Å². The lowest BCUT2D eigenvalue weighted by atomic mass is 10.2. The summed E-state index contributed by atoms with van der Waals surface area (Å²) in [7, 11) is -3.59. The van der Waals surface area contributed by atoms with E-state index in [9.17, 15) is 13.2 Å². The van der Waals surface area contributed by atoms with Gasteiger partial charge < -0.3 is 18.9 Å². The Morgan fingerprint density at radius 3 is 2.06 bits per heavy atom. The molecule has 2 aromatic carbocycles. The maximum atomic E-state index is 12.6. The molecule has 1 heterocycles. The van der Waals surface area contributed by atoms with Crippen LogP contribution in [0.4, 0.5) is 0 Å². The molecular weight excluding hydrogens is 422 g/mol. The summed E-state index contributed by atoms with van der Waals surface area (Å²) in [5, 5.41) is 0. The Kier molecular flexibility index (Phi) is 8.27. The monoisotopic (exact) mass is 449 g/mol. The number of rotatable bonds is 10. The molecule has 8 nitrogen and oxygen atoms in total. The molecule has 0 aliphatic carbocycles. The summed E-state index contributed by atoms with van der Waals surface area (Å²) < 4.78 is 48.1. The molecule has 9 heteroatoms. The Morgan fingerprint density at radius 2 is 1.48 bits per heavy atom. The first-order chi connectivity index (χ1) is 15.0. The summed E-state index contributed by atoms with van der Waals surface area (Å²) in [5.41, 5.74) is 0.276. The molecule has 0 N–H and O–H groups in total. The van der Waals surface area contributed by atoms with Crippen LogP contribution in [0.3, 0.4) is 0 Å². The van der Waals surface area contributed by atoms with E-state index in [1.54, 1.807) is 12.1 Å². The van der Waals surface area contributed by atoms with Crippen molar-refractivity contribution in [1.82, 2.24) is 4.31 Å². The first-order valence-corrected chi connectivity index (χ1v) is 11.7. The highest BCUT2D eigenvalue weighted by molar-refractivity contribution is 7.89. The minimum Gasteiger partial charge on any atom is -0.494 e. The van der Waals surface area contributed by atoms with Crippen LogP contribution in [0.5, 0.6) is 11.5 Å². The summed E-state index contributed by atoms with van der Waals surface area (Å²) >= 11 is 0. The molecule has 0 radical (unpaired) electrons. The predicted octanol–water partition coefficient (Wildman–Crippen LogP) is 2.73. The van der Waals surface area contributed by atoms with Crippen molar-refractivity contribution >= 4 is 16.0 Å². The second-order valence-electron chi connectivity index (χ2n) is 6.85. The van der Waals surface area contributed by atoms with Crippen LogP contribution in [0.15, 0.2) is 53.4 Å². The van der Waals surface area contributed by atoms with Crippen molar-refractivity contribution in [3.8, 4) is 11.5 Å². The zero-order valence-corrected chi connectivity index (χ0v) is 18.3. The van der Waals surface area contributed by atoms with Gasteiger partial charge in [-0.1, -0.05) is 6.92 Å². The van der Waals surface area contributed by atoms with Crippen LogP contribution in [0.2, 0.25) is 0 Å². The summed E-state index contributed by atoms with van der Waals surface area (Å²) in [6.07, 6.45) is 0.941. The van der Waals surface area contributed by atoms with Gasteiger partial charge in [0.15, 0.2) is 0 Å². The molecule has 2 aromatic rings. The van der Waals surface area contributed by atoms with E-state index in [1.165, 1.54) is 28.6 Å². The van der Waals surface area contributed by atoms with Gasteiger partial charge in [-0.05, 0) is 55.0 Å². The van der Waals surface area contributed by atoms with Gasteiger partial charge in [0, 0.05) is 13.1 Å². The number of sulfonamides is 1. The maximum absolute atomic E-state index is 12.6. The van der Waals surface area contributed by atoms with Crippen LogP contribution in [0, 0.1) is 0 Å². The van der Waals surface area contributed by atoms with Gasteiger partial charge in [0.2, 0.25) is 10.0 Å². The Balaban J connectivity index is 1.45. The van der Waals surface area contributed by atoms with Crippen LogP contribution >= 0.6 is 0 Å². The number of morpholine rings is 1. The Morgan fingerprint density at radius 1 is 0.903 bits per heavy atom. The fourth-order valence-electron chi connectivity index (χ4n) is 2.93. The maximum Gasteiger partial charge on any atom is 0.338 e. The van der Waals surface area contributed by atoms with Crippen molar-refractivity contribution < 1.29 is 32.2 Å². The van der Waals surface area contributed by atoms with Gasteiger partial charge in [-0.15, -0.1) is 0 Å². The summed E-state index contributed by atoms with van der Waals surface area (Å²) in [6.45, 7) is 4.37. The van der Waals surface area contributed by atoms with Gasteiger partial charge in [0.05, 0.1) is 30.3 Å². The number of esters is 1. The summed E-state index contributed by atoms with van der Waals surface area (Å²) in [4.78, 5) is 12.3. The molecule has 1 aliphatic rings. The van der Waals surface area contributed by atoms with Gasteiger partial charge in [-0.2, -0.15) is 4.31 Å². The largest absolute Gasteiger partial charge is 0.494 e. The molecule has 3 rings (SSSR count). The van der Waals surface area contributed by atoms with Gasteiger partial charge in [-0.25, -0.2) is 13.2 Å². The Bertz CT molecular complexity index is 937. The van der Waals surface area contributed by atoms with E-state index >= 15 is 0 Å². The quantitative estimate of drug-likeness (QED) is 0.407. The number of hydrogen-bond donors (Lipinski definition) is 0. The molecule has 0 spiro atoms. The molecule has 0 saturated carbocycles. The number of carbonyl (C=O) groups excluding carboxylic acids is 1. The van der Waals surface area contributed by atoms with Gasteiger partial charge in [0.25, 0.3) is 0 Å². The average molecular weight is 450 g/mol. The third kappa shape index (κ3) is 6.43. The number of carbonyl (C=O) groups is 1. The highest BCUT2D eigenvalue weighted by Gasteiger charge is 2.26. The molecule has 0 aromatic heterocycles. The van der Waals surface area contributed by atoms with E-state index < -0.39 is 16.0 Å². The molecule has 1 fully saturated rings. The fourth-order valence-corrected chi connectivity index (χ4v) is 4.34. The molecule has 1 aliphatic heterocycles. The molecule has 0 bridgehead atoms. The lowest BCUT2D eigenvalue weighted by Gasteiger charge is -2.26. The van der Waals surface area contributed by atoms with Gasteiger partial charge >= 0.3 is 5.97 Å². The van der Waals surface area contributed by atoms with E-state index in [1.807, 2.05) is 19.1 Å². The standard InChI is InChI=1S/C22H27NO7S/c1-2-13-28-19-5-7-20(8-6-19)29-16-17-30-22(24)18-3-9-21(10-4-18)31(25,26)23-11-14-27-15-12-23/h3-10H,2,11-17H2,1H3. The molecule has 0 unspecified atom stereocenters. The van der Waals surface area contributed by atoms with E-state index in [0.717, 1.165) is 12.2 Å². The van der Waals surface area contributed by atoms with E-state index in [4.69, 9.17) is 18.9 Å². The van der Waals surface area contributed by atoms with E-state index in [-0.39, 0.29) is 23.7 Å². The van der Waals surface area contributed by atoms with Crippen LogP contribution in [0.25, 0.3) is 0 Å². The topological polar surface area (TPSA) is 91.4 Å². The van der Waals surface area contributed by atoms with Crippen molar-refractivity contribution in [1.29, 1.82) is 0 Å². The summed E-state index contributed by atoms with van der Waals surface area (Å²) in [5.74, 6) is 0.888. The second-order valence-corrected chi connectivity index (χ2v) is 8.78. The Hall–Kier alpha value is -2.62. The molecule has 0 atom stereocenters. The number of ether oxygens (including phenoxy) is 4. The zero-order valence-electron chi connectivity index (χ0n) is 17.5. The fraction of sp³-hybridized carbons (Fsp3) is 0.409. The highest BCUT2D eigenvalue weighted by atomic mass is 32.2. The molecule has 1 saturated heterocycles. The van der Waals surface area contributed by atoms with Crippen molar-refractivity contribution in [2.75, 3.05) is 46.1 Å². The van der Waals surface area contributed by atoms with Gasteiger partial charge in [-0.3, -0.25) is 0 Å². The second kappa shape index (κ2) is 11.1. The minimum absolute atomic E-state index is 0.0702. The third-order valence-corrected chi connectivity index (χ3v) is 6.49. The lowest BCUT2D eigenvalue weighted by molar-refractivity contribution is 0.0450. The molecular formula is C22H27NO7S. The van der Waals surface area contributed by atoms with Crippen LogP contribution in [-0.2, 0) is 19.5 Å². The van der Waals surface area contributed by atoms with Crippen molar-refractivity contribution in [2.24, 2.45) is 0 Å².